The Kier molecular flexibility index (Phi) is 12.0. The molecular formula is C48H50Cl2O2Si2Zr. The summed E-state index contributed by atoms with van der Waals surface area (Å²) in [6, 6.07) is 36.2. The van der Waals surface area contributed by atoms with Crippen LogP contribution in [0.2, 0.25) is 32.7 Å². The molecule has 2 aromatic heterocycles. The third-order valence-corrected chi connectivity index (χ3v) is 32.6. The molecule has 55 heavy (non-hydrogen) atoms. The number of aryl methyl sites for hydroxylation is 3. The number of halogens is 2. The van der Waals surface area contributed by atoms with Crippen LogP contribution in [0.1, 0.15) is 69.0 Å². The molecule has 2 aliphatic rings. The number of fused-ring (bicyclic) bond motifs is 2. The molecule has 0 bridgehead atoms. The summed E-state index contributed by atoms with van der Waals surface area (Å²) in [5, 5.41) is 1.18. The fourth-order valence-electron chi connectivity index (χ4n) is 8.81. The van der Waals surface area contributed by atoms with E-state index in [1.807, 2.05) is 0 Å². The van der Waals surface area contributed by atoms with Crippen LogP contribution in [0.15, 0.2) is 106 Å². The monoisotopic (exact) mass is 874 g/mol. The molecule has 0 aliphatic heterocycles. The zero-order valence-electron chi connectivity index (χ0n) is 33.6. The van der Waals surface area contributed by atoms with E-state index in [9.17, 15) is 0 Å². The normalized spacial score (nSPS) is 15.6. The number of hydrogen-bond acceptors (Lipinski definition) is 2. The summed E-state index contributed by atoms with van der Waals surface area (Å²) in [5.74, 6) is 3.07. The van der Waals surface area contributed by atoms with Gasteiger partial charge in [-0.05, 0) is 0 Å². The molecule has 0 N–H and O–H groups in total. The first-order chi connectivity index (χ1) is 25.3. The first-order valence-electron chi connectivity index (χ1n) is 19.0. The van der Waals surface area contributed by atoms with Crippen LogP contribution in [0.4, 0.5) is 0 Å². The van der Waals surface area contributed by atoms with Crippen LogP contribution < -0.4 is 30.2 Å². The molecule has 0 spiro atoms. The zero-order chi connectivity index (χ0) is 37.3. The Balaban J connectivity index is 0.00000257. The van der Waals surface area contributed by atoms with E-state index in [4.69, 9.17) is 8.83 Å². The maximum absolute atomic E-state index is 6.99. The number of benzene rings is 4. The smallest absolute Gasteiger partial charge is 1.00 e. The van der Waals surface area contributed by atoms with Crippen molar-refractivity contribution in [1.29, 1.82) is 0 Å². The van der Waals surface area contributed by atoms with Gasteiger partial charge in [-0.25, -0.2) is 0 Å². The summed E-state index contributed by atoms with van der Waals surface area (Å²) < 4.78 is 14.3. The van der Waals surface area contributed by atoms with Gasteiger partial charge >= 0.3 is 327 Å². The molecule has 0 saturated carbocycles. The molecule has 280 valence electrons. The maximum Gasteiger partial charge on any atom is -1.00 e. The molecule has 0 saturated heterocycles. The van der Waals surface area contributed by atoms with Gasteiger partial charge in [0.1, 0.15) is 0 Å². The second-order valence-corrected chi connectivity index (χ2v) is 39.3. The first kappa shape index (κ1) is 41.5. The van der Waals surface area contributed by atoms with Crippen LogP contribution in [0.5, 0.6) is 0 Å². The van der Waals surface area contributed by atoms with Crippen molar-refractivity contribution in [2.45, 2.75) is 74.6 Å². The Labute approximate surface area is 349 Å². The van der Waals surface area contributed by atoms with Crippen molar-refractivity contribution in [2.75, 3.05) is 0 Å². The Morgan fingerprint density at radius 3 is 1.38 bits per heavy atom. The molecule has 2 heterocycles. The van der Waals surface area contributed by atoms with Gasteiger partial charge in [0.25, 0.3) is 0 Å². The van der Waals surface area contributed by atoms with E-state index in [2.05, 4.69) is 177 Å². The molecule has 2 aliphatic carbocycles. The van der Waals surface area contributed by atoms with E-state index in [0.29, 0.717) is 7.25 Å². The van der Waals surface area contributed by atoms with Gasteiger partial charge in [-0.2, -0.15) is 0 Å². The molecule has 0 amide bonds. The largest absolute Gasteiger partial charge is 1.00 e. The van der Waals surface area contributed by atoms with E-state index >= 15 is 0 Å². The van der Waals surface area contributed by atoms with Crippen molar-refractivity contribution in [1.82, 2.24) is 0 Å². The minimum Gasteiger partial charge on any atom is -1.00 e. The number of furan rings is 2. The topological polar surface area (TPSA) is 26.3 Å². The van der Waals surface area contributed by atoms with Gasteiger partial charge in [0.05, 0.1) is 0 Å². The van der Waals surface area contributed by atoms with Crippen molar-refractivity contribution in [3.05, 3.63) is 159 Å². The molecule has 6 aromatic rings. The second kappa shape index (κ2) is 16.0. The van der Waals surface area contributed by atoms with Crippen molar-refractivity contribution in [3.63, 3.8) is 0 Å². The summed E-state index contributed by atoms with van der Waals surface area (Å²) in [5.41, 5.74) is 18.7. The molecule has 2 atom stereocenters. The van der Waals surface area contributed by atoms with E-state index in [1.54, 1.807) is 0 Å². The predicted octanol–water partition coefficient (Wildman–Crippen LogP) is 7.06. The van der Waals surface area contributed by atoms with Crippen molar-refractivity contribution < 1.29 is 54.0 Å². The van der Waals surface area contributed by atoms with Gasteiger partial charge in [0, 0.05) is 0 Å². The molecule has 7 heteroatoms. The van der Waals surface area contributed by atoms with Gasteiger partial charge in [-0.15, -0.1) is 0 Å². The maximum atomic E-state index is 6.99. The van der Waals surface area contributed by atoms with E-state index in [-0.39, 0.29) is 24.8 Å². The van der Waals surface area contributed by atoms with E-state index in [1.165, 1.54) is 83.3 Å². The minimum atomic E-state index is -2.69. The van der Waals surface area contributed by atoms with Crippen LogP contribution in [0.3, 0.4) is 0 Å². The van der Waals surface area contributed by atoms with Crippen molar-refractivity contribution in [2.24, 2.45) is 0 Å². The Bertz CT molecular complexity index is 2510. The van der Waals surface area contributed by atoms with Gasteiger partial charge in [-0.3, -0.25) is 0 Å². The average molecular weight is 877 g/mol. The van der Waals surface area contributed by atoms with Crippen LogP contribution >= 0.6 is 0 Å². The van der Waals surface area contributed by atoms with Gasteiger partial charge < -0.3 is 24.8 Å². The van der Waals surface area contributed by atoms with Crippen molar-refractivity contribution >= 4 is 42.2 Å². The number of rotatable bonds is 7. The minimum absolute atomic E-state index is 0. The average Bonchev–Trinajstić information content (AvgIpc) is 3.93. The van der Waals surface area contributed by atoms with Gasteiger partial charge in [0.15, 0.2) is 0 Å². The molecule has 4 aromatic carbocycles. The Hall–Kier alpha value is -3.18. The molecular weight excluding hydrogens is 827 g/mol. The molecule has 2 nitrogen and oxygen atoms in total. The van der Waals surface area contributed by atoms with Crippen LogP contribution in [0.25, 0.3) is 45.6 Å². The molecule has 2 unspecified atom stereocenters. The van der Waals surface area contributed by atoms with Crippen LogP contribution in [0, 0.1) is 34.6 Å². The number of allylic oxidation sites excluding steroid dienone is 2. The molecule has 8 rings (SSSR count). The van der Waals surface area contributed by atoms with E-state index in [0.717, 1.165) is 17.3 Å². The number of hydrogen-bond donors (Lipinski definition) is 0. The summed E-state index contributed by atoms with van der Waals surface area (Å²) in [4.78, 5) is 0. The summed E-state index contributed by atoms with van der Waals surface area (Å²) >= 11 is -2.69. The van der Waals surface area contributed by atoms with Gasteiger partial charge in [-0.1, -0.05) is 0 Å². The quantitative estimate of drug-likeness (QED) is 0.161. The summed E-state index contributed by atoms with van der Waals surface area (Å²) in [7, 11) is -1.66. The summed E-state index contributed by atoms with van der Waals surface area (Å²) in [6.45, 7) is 23.7. The van der Waals surface area contributed by atoms with Gasteiger partial charge in [0.2, 0.25) is 0 Å². The Morgan fingerprint density at radius 1 is 0.564 bits per heavy atom. The van der Waals surface area contributed by atoms with Crippen LogP contribution in [-0.2, 0) is 20.4 Å². The van der Waals surface area contributed by atoms with Crippen LogP contribution in [-0.4, -0.2) is 13.5 Å². The standard InChI is InChI=1S/C24H25OSi.C22H19O.C2H6Si.2ClH.Zr/c1-16-13-19-14-20(22-11-12-23(25-22)26(3,4)5)15-21(19)24(17(16)2)18-9-7-6-8-10-18;1-14-11-18-12-19(21-10-9-15(2)23-21)13-20(18)22(16(14)3)17-7-5-4-6-8-17;1-3-2;;;/h6-15H,1-5H3;4-13H,1-3H3;1-2H3;2*1H;/q;;;;;+2/p-2. The summed E-state index contributed by atoms with van der Waals surface area (Å²) in [6.07, 6.45) is 5.09. The SMILES string of the molecule is Cc1ccc(C2=Cc3c(cc(C)c(C)c3-c3ccccc3)[CH]2[Zr+2]([CH]2C(c3ccc([Si](C)(C)C)o3)=Cc3c2cc(C)c(C)c3-c2ccccc2)=[Si](C)C)o1.[Cl-].[Cl-]. The van der Waals surface area contributed by atoms with Crippen molar-refractivity contribution in [3.8, 4) is 22.3 Å². The predicted molar refractivity (Wildman–Crippen MR) is 227 cm³/mol. The Morgan fingerprint density at radius 2 is 1.00 bits per heavy atom. The van der Waals surface area contributed by atoms with E-state index < -0.39 is 33.9 Å². The third-order valence-electron chi connectivity index (χ3n) is 11.7. The fraction of sp³-hybridized carbons (Fsp3) is 0.250. The first-order valence-corrected chi connectivity index (χ1v) is 31.5. The zero-order valence-corrected chi connectivity index (χ0v) is 39.6. The second-order valence-electron chi connectivity index (χ2n) is 16.5. The molecule has 0 radical (unpaired) electrons. The fourth-order valence-corrected chi connectivity index (χ4v) is 29.6. The third kappa shape index (κ3) is 7.30. The molecule has 0 fully saturated rings.